The maximum Gasteiger partial charge on any atom is 0.223 e. The highest BCUT2D eigenvalue weighted by Gasteiger charge is 2.39. The number of nitrogens with two attached hydrogens (primary N) is 1. The van der Waals surface area contributed by atoms with Crippen LogP contribution in [0.5, 0.6) is 11.5 Å². The number of benzene rings is 2. The molecule has 0 saturated carbocycles. The average Bonchev–Trinajstić information content (AvgIpc) is 3.39. The number of aromatic nitrogens is 4. The highest BCUT2D eigenvalue weighted by molar-refractivity contribution is 6.33. The molecule has 2 N–H and O–H groups in total. The second-order valence-electron chi connectivity index (χ2n) is 8.15. The molecule has 3 atom stereocenters. The normalized spacial score (nSPS) is 20.3. The second kappa shape index (κ2) is 8.88. The predicted octanol–water partition coefficient (Wildman–Crippen LogP) is 4.49. The van der Waals surface area contributed by atoms with Crippen molar-refractivity contribution in [2.45, 2.75) is 38.7 Å². The third kappa shape index (κ3) is 4.58. The van der Waals surface area contributed by atoms with Crippen LogP contribution in [0.25, 0.3) is 11.2 Å². The first kappa shape index (κ1) is 21.5. The highest BCUT2D eigenvalue weighted by Crippen LogP contribution is 2.35. The van der Waals surface area contributed by atoms with Crippen LogP contribution in [0.1, 0.15) is 23.8 Å². The monoisotopic (exact) mass is 465 g/mol. The van der Waals surface area contributed by atoms with E-state index in [1.165, 1.54) is 11.1 Å². The molecule has 0 bridgehead atoms. The Kier molecular flexibility index (Phi) is 5.78. The molecule has 0 amide bonds. The van der Waals surface area contributed by atoms with Gasteiger partial charge in [0.2, 0.25) is 5.95 Å². The Hall–Kier alpha value is -3.36. The molecule has 9 heteroatoms. The van der Waals surface area contributed by atoms with E-state index < -0.39 is 0 Å². The lowest BCUT2D eigenvalue weighted by Crippen LogP contribution is -2.32. The smallest absolute Gasteiger partial charge is 0.223 e. The molecule has 8 nitrogen and oxygen atoms in total. The van der Waals surface area contributed by atoms with E-state index in [9.17, 15) is 0 Å². The number of anilines is 1. The van der Waals surface area contributed by atoms with E-state index in [1.807, 2.05) is 66.9 Å². The van der Waals surface area contributed by atoms with Gasteiger partial charge in [-0.15, -0.1) is 0 Å². The maximum absolute atomic E-state index is 6.38. The first-order chi connectivity index (χ1) is 16.0. The molecule has 2 aromatic heterocycles. The molecular formula is C24H24ClN5O3. The SMILES string of the molecule is Cc1ccc(OC[C@@H]2O[C@H](n3cnc4nc(N)nc(Cl)c43)C[C@H]2Oc2ccc(C)cc2)cc1. The molecule has 1 aliphatic heterocycles. The summed E-state index contributed by atoms with van der Waals surface area (Å²) in [6.45, 7) is 4.41. The zero-order valence-electron chi connectivity index (χ0n) is 18.3. The molecule has 3 heterocycles. The molecule has 0 unspecified atom stereocenters. The molecule has 170 valence electrons. The van der Waals surface area contributed by atoms with E-state index in [4.69, 9.17) is 31.5 Å². The first-order valence-corrected chi connectivity index (χ1v) is 11.1. The van der Waals surface area contributed by atoms with E-state index >= 15 is 0 Å². The zero-order valence-corrected chi connectivity index (χ0v) is 19.1. The number of hydrogen-bond donors (Lipinski definition) is 1. The minimum absolute atomic E-state index is 0.0787. The van der Waals surface area contributed by atoms with Gasteiger partial charge in [-0.1, -0.05) is 47.0 Å². The van der Waals surface area contributed by atoms with Crippen molar-refractivity contribution in [2.75, 3.05) is 12.3 Å². The van der Waals surface area contributed by atoms with Gasteiger partial charge in [0, 0.05) is 6.42 Å². The molecule has 0 aliphatic carbocycles. The fourth-order valence-electron chi connectivity index (χ4n) is 3.89. The lowest BCUT2D eigenvalue weighted by molar-refractivity contribution is -0.0340. The van der Waals surface area contributed by atoms with Crippen molar-refractivity contribution in [1.29, 1.82) is 0 Å². The summed E-state index contributed by atoms with van der Waals surface area (Å²) in [7, 11) is 0. The van der Waals surface area contributed by atoms with E-state index in [2.05, 4.69) is 15.0 Å². The van der Waals surface area contributed by atoms with E-state index in [0.717, 1.165) is 11.5 Å². The van der Waals surface area contributed by atoms with Crippen molar-refractivity contribution in [2.24, 2.45) is 0 Å². The van der Waals surface area contributed by atoms with Crippen LogP contribution in [-0.2, 0) is 4.74 Å². The Bertz CT molecular complexity index is 1260. The van der Waals surface area contributed by atoms with Gasteiger partial charge in [0.05, 0.1) is 6.33 Å². The molecule has 1 aliphatic rings. The lowest BCUT2D eigenvalue weighted by Gasteiger charge is -2.20. The van der Waals surface area contributed by atoms with Crippen molar-refractivity contribution in [3.05, 3.63) is 71.1 Å². The quantitative estimate of drug-likeness (QED) is 0.419. The van der Waals surface area contributed by atoms with E-state index in [0.29, 0.717) is 24.2 Å². The van der Waals surface area contributed by atoms with Crippen molar-refractivity contribution in [3.8, 4) is 11.5 Å². The largest absolute Gasteiger partial charge is 0.491 e. The first-order valence-electron chi connectivity index (χ1n) is 10.7. The minimum Gasteiger partial charge on any atom is -0.491 e. The number of nitrogen functional groups attached to an aromatic ring is 1. The molecule has 4 aromatic rings. The summed E-state index contributed by atoms with van der Waals surface area (Å²) < 4.78 is 20.6. The van der Waals surface area contributed by atoms with Crippen LogP contribution in [0, 0.1) is 13.8 Å². The van der Waals surface area contributed by atoms with Crippen LogP contribution < -0.4 is 15.2 Å². The Morgan fingerprint density at radius 3 is 2.39 bits per heavy atom. The van der Waals surface area contributed by atoms with E-state index in [-0.39, 0.29) is 29.5 Å². The number of rotatable bonds is 6. The Morgan fingerprint density at radius 1 is 1.03 bits per heavy atom. The summed E-state index contributed by atoms with van der Waals surface area (Å²) in [5.41, 5.74) is 9.05. The number of imidazole rings is 1. The molecule has 5 rings (SSSR count). The van der Waals surface area contributed by atoms with Gasteiger partial charge in [0.15, 0.2) is 10.8 Å². The van der Waals surface area contributed by atoms with Crippen LogP contribution in [0.2, 0.25) is 5.15 Å². The lowest BCUT2D eigenvalue weighted by atomic mass is 10.1. The summed E-state index contributed by atoms with van der Waals surface area (Å²) in [4.78, 5) is 12.6. The molecular weight excluding hydrogens is 442 g/mol. The third-order valence-corrected chi connectivity index (χ3v) is 5.90. The topological polar surface area (TPSA) is 97.3 Å². The molecule has 1 saturated heterocycles. The molecule has 2 aromatic carbocycles. The van der Waals surface area contributed by atoms with Gasteiger partial charge in [0.1, 0.15) is 42.1 Å². The van der Waals surface area contributed by atoms with Gasteiger partial charge in [-0.25, -0.2) is 4.98 Å². The van der Waals surface area contributed by atoms with Gasteiger partial charge in [-0.05, 0) is 38.1 Å². The highest BCUT2D eigenvalue weighted by atomic mass is 35.5. The number of hydrogen-bond acceptors (Lipinski definition) is 7. The molecule has 1 fully saturated rings. The Balaban J connectivity index is 1.40. The van der Waals surface area contributed by atoms with Crippen molar-refractivity contribution < 1.29 is 14.2 Å². The third-order valence-electron chi connectivity index (χ3n) is 5.64. The summed E-state index contributed by atoms with van der Waals surface area (Å²) in [5.74, 6) is 1.64. The van der Waals surface area contributed by atoms with Crippen molar-refractivity contribution in [1.82, 2.24) is 19.5 Å². The van der Waals surface area contributed by atoms with Crippen LogP contribution >= 0.6 is 11.6 Å². The van der Waals surface area contributed by atoms with Gasteiger partial charge in [-0.2, -0.15) is 9.97 Å². The maximum atomic E-state index is 6.38. The van der Waals surface area contributed by atoms with Crippen LogP contribution in [-0.4, -0.2) is 38.3 Å². The van der Waals surface area contributed by atoms with Crippen LogP contribution in [0.15, 0.2) is 54.9 Å². The number of halogens is 1. The zero-order chi connectivity index (χ0) is 22.9. The predicted molar refractivity (Wildman–Crippen MR) is 126 cm³/mol. The molecule has 0 spiro atoms. The number of ether oxygens (including phenoxy) is 3. The van der Waals surface area contributed by atoms with Gasteiger partial charge >= 0.3 is 0 Å². The Labute approximate surface area is 196 Å². The average molecular weight is 466 g/mol. The standard InChI is InChI=1S/C24H24ClN5O3/c1-14-3-7-16(8-4-14)31-12-19-18(32-17-9-5-15(2)6-10-17)11-20(33-19)30-13-27-23-21(30)22(25)28-24(26)29-23/h3-10,13,18-20H,11-12H2,1-2H3,(H2,26,28,29)/t18-,19+,20+/m1/s1. The number of aryl methyl sites for hydroxylation is 2. The van der Waals surface area contributed by atoms with Crippen molar-refractivity contribution >= 4 is 28.7 Å². The van der Waals surface area contributed by atoms with Crippen LogP contribution in [0.4, 0.5) is 5.95 Å². The summed E-state index contributed by atoms with van der Waals surface area (Å²) in [6.07, 6.45) is 1.28. The fourth-order valence-corrected chi connectivity index (χ4v) is 4.16. The summed E-state index contributed by atoms with van der Waals surface area (Å²) in [6, 6.07) is 15.9. The second-order valence-corrected chi connectivity index (χ2v) is 8.51. The summed E-state index contributed by atoms with van der Waals surface area (Å²) >= 11 is 6.36. The van der Waals surface area contributed by atoms with Crippen LogP contribution in [0.3, 0.4) is 0 Å². The van der Waals surface area contributed by atoms with Gasteiger partial charge in [-0.3, -0.25) is 4.57 Å². The van der Waals surface area contributed by atoms with Crippen molar-refractivity contribution in [3.63, 3.8) is 0 Å². The summed E-state index contributed by atoms with van der Waals surface area (Å²) in [5, 5.41) is 0.231. The Morgan fingerprint density at radius 2 is 1.70 bits per heavy atom. The fraction of sp³-hybridized carbons (Fsp3) is 0.292. The minimum atomic E-state index is -0.373. The van der Waals surface area contributed by atoms with Gasteiger partial charge in [0.25, 0.3) is 0 Å². The number of nitrogens with zero attached hydrogens (tertiary/aromatic N) is 4. The molecule has 33 heavy (non-hydrogen) atoms. The number of fused-ring (bicyclic) bond motifs is 1. The molecule has 0 radical (unpaired) electrons. The van der Waals surface area contributed by atoms with Gasteiger partial charge < -0.3 is 19.9 Å². The van der Waals surface area contributed by atoms with E-state index in [1.54, 1.807) is 6.33 Å².